The van der Waals surface area contributed by atoms with Crippen molar-refractivity contribution >= 4 is 17.6 Å². The van der Waals surface area contributed by atoms with Crippen LogP contribution in [0.1, 0.15) is 48.4 Å². The lowest BCUT2D eigenvalue weighted by atomic mass is 9.89. The average molecular weight is 443 g/mol. The van der Waals surface area contributed by atoms with Crippen molar-refractivity contribution < 1.29 is 28.2 Å². The van der Waals surface area contributed by atoms with E-state index < -0.39 is 29.4 Å². The fourth-order valence-corrected chi connectivity index (χ4v) is 3.85. The first-order valence-corrected chi connectivity index (χ1v) is 10.1. The number of carboxylic acids is 1. The molecule has 3 aromatic rings. The monoisotopic (exact) mass is 443 g/mol. The molecule has 0 unspecified atom stereocenters. The third-order valence-electron chi connectivity index (χ3n) is 5.40. The maximum absolute atomic E-state index is 14.7. The predicted octanol–water partition coefficient (Wildman–Crippen LogP) is 4.62. The minimum absolute atomic E-state index is 0.0516. The quantitative estimate of drug-likeness (QED) is 0.639. The summed E-state index contributed by atoms with van der Waals surface area (Å²) in [5.74, 6) is -2.42. The third-order valence-corrected chi connectivity index (χ3v) is 5.40. The maximum Gasteiger partial charge on any atom is 0.410 e. The number of likely N-dealkylation sites (tertiary alicyclic amines) is 1. The Morgan fingerprint density at radius 1 is 1.16 bits per heavy atom. The van der Waals surface area contributed by atoms with Crippen molar-refractivity contribution in [3.05, 3.63) is 59.2 Å². The molecule has 0 radical (unpaired) electrons. The highest BCUT2D eigenvalue weighted by molar-refractivity contribution is 5.99. The molecule has 0 atom stereocenters. The number of carbonyl (C=O) groups is 2. The molecule has 32 heavy (non-hydrogen) atoms. The zero-order valence-corrected chi connectivity index (χ0v) is 18.1. The molecule has 1 amide bonds. The van der Waals surface area contributed by atoms with Crippen molar-refractivity contribution in [2.24, 2.45) is 0 Å². The lowest BCUT2D eigenvalue weighted by molar-refractivity contribution is 0.00815. The number of fused-ring (bicyclic) bond motifs is 1. The Balaban J connectivity index is 1.76. The maximum atomic E-state index is 14.7. The lowest BCUT2D eigenvalue weighted by Gasteiger charge is -2.40. The lowest BCUT2D eigenvalue weighted by Crippen LogP contribution is -2.50. The number of aromatic nitrogens is 2. The second-order valence-corrected chi connectivity index (χ2v) is 8.93. The highest BCUT2D eigenvalue weighted by atomic mass is 19.1. The molecule has 168 valence electrons. The number of rotatable bonds is 3. The number of benzene rings is 1. The Kier molecular flexibility index (Phi) is 5.15. The van der Waals surface area contributed by atoms with Gasteiger partial charge in [-0.25, -0.2) is 19.0 Å². The van der Waals surface area contributed by atoms with Gasteiger partial charge in [-0.3, -0.25) is 0 Å². The van der Waals surface area contributed by atoms with Crippen LogP contribution in [0.5, 0.6) is 0 Å². The van der Waals surface area contributed by atoms with Crippen LogP contribution in [0.3, 0.4) is 0 Å². The van der Waals surface area contributed by atoms with E-state index in [1.165, 1.54) is 6.07 Å². The number of carbonyl (C=O) groups excluding carboxylic acids is 1. The van der Waals surface area contributed by atoms with Crippen LogP contribution in [0, 0.1) is 18.7 Å². The summed E-state index contributed by atoms with van der Waals surface area (Å²) in [5, 5.41) is 9.58. The van der Waals surface area contributed by atoms with Crippen molar-refractivity contribution in [1.82, 2.24) is 14.3 Å². The molecule has 2 aromatic heterocycles. The molecule has 1 aliphatic rings. The Hall–Kier alpha value is -3.49. The van der Waals surface area contributed by atoms with E-state index in [1.54, 1.807) is 49.3 Å². The Labute approximate surface area is 183 Å². The number of aromatic carboxylic acids is 1. The molecule has 4 rings (SSSR count). The van der Waals surface area contributed by atoms with Gasteiger partial charge in [0.2, 0.25) is 5.95 Å². The highest BCUT2D eigenvalue weighted by Crippen LogP contribution is 2.36. The molecule has 0 spiro atoms. The number of amides is 1. The van der Waals surface area contributed by atoms with Crippen LogP contribution >= 0.6 is 0 Å². The summed E-state index contributed by atoms with van der Waals surface area (Å²) < 4.78 is 35.4. The topological polar surface area (TPSA) is 84.1 Å². The Bertz CT molecular complexity index is 1240. The number of hydrogen-bond acceptors (Lipinski definition) is 4. The fourth-order valence-electron chi connectivity index (χ4n) is 3.85. The molecule has 3 heterocycles. The number of halogens is 2. The molecule has 0 saturated carbocycles. The second kappa shape index (κ2) is 7.58. The number of pyridine rings is 1. The smallest absolute Gasteiger partial charge is 0.410 e. The van der Waals surface area contributed by atoms with Crippen molar-refractivity contribution in [1.29, 1.82) is 0 Å². The fraction of sp³-hybridized carbons (Fsp3) is 0.348. The van der Waals surface area contributed by atoms with Crippen LogP contribution in [0.15, 0.2) is 30.5 Å². The SMILES string of the molecule is Cc1nc(F)c2c(-c3ccc(F)cc3C(=O)O)cc(C3CN(C(=O)OC(C)(C)C)C3)cn12. The number of imidazole rings is 1. The summed E-state index contributed by atoms with van der Waals surface area (Å²) in [6.45, 7) is 7.83. The third kappa shape index (κ3) is 3.90. The molecule has 1 saturated heterocycles. The summed E-state index contributed by atoms with van der Waals surface area (Å²) in [6.07, 6.45) is 1.33. The van der Waals surface area contributed by atoms with Crippen LogP contribution in [-0.4, -0.2) is 50.1 Å². The van der Waals surface area contributed by atoms with Gasteiger partial charge < -0.3 is 19.1 Å². The molecule has 9 heteroatoms. The molecule has 1 aromatic carbocycles. The zero-order valence-electron chi connectivity index (χ0n) is 18.1. The van der Waals surface area contributed by atoms with E-state index >= 15 is 0 Å². The number of ether oxygens (including phenoxy) is 1. The molecule has 0 aliphatic carbocycles. The van der Waals surface area contributed by atoms with Crippen LogP contribution in [0.2, 0.25) is 0 Å². The van der Waals surface area contributed by atoms with Gasteiger partial charge in [-0.15, -0.1) is 0 Å². The largest absolute Gasteiger partial charge is 0.478 e. The van der Waals surface area contributed by atoms with Gasteiger partial charge >= 0.3 is 12.1 Å². The normalized spacial score (nSPS) is 14.5. The van der Waals surface area contributed by atoms with Crippen molar-refractivity contribution in [2.45, 2.75) is 39.2 Å². The predicted molar refractivity (Wildman–Crippen MR) is 113 cm³/mol. The number of carboxylic acid groups (broad SMARTS) is 1. The van der Waals surface area contributed by atoms with Gasteiger partial charge in [-0.2, -0.15) is 4.39 Å². The Morgan fingerprint density at radius 3 is 2.47 bits per heavy atom. The van der Waals surface area contributed by atoms with E-state index in [9.17, 15) is 23.5 Å². The van der Waals surface area contributed by atoms with Gasteiger partial charge in [-0.1, -0.05) is 6.07 Å². The van der Waals surface area contributed by atoms with Gasteiger partial charge in [0.1, 0.15) is 22.8 Å². The van der Waals surface area contributed by atoms with Gasteiger partial charge in [-0.05, 0) is 57.0 Å². The average Bonchev–Trinajstić information content (AvgIpc) is 2.92. The van der Waals surface area contributed by atoms with Gasteiger partial charge in [0.25, 0.3) is 0 Å². The minimum Gasteiger partial charge on any atom is -0.478 e. The zero-order chi connectivity index (χ0) is 23.4. The molecular weight excluding hydrogens is 420 g/mol. The van der Waals surface area contributed by atoms with Crippen molar-refractivity contribution in [3.63, 3.8) is 0 Å². The molecule has 7 nitrogen and oxygen atoms in total. The first-order chi connectivity index (χ1) is 14.9. The Morgan fingerprint density at radius 2 is 1.84 bits per heavy atom. The van der Waals surface area contributed by atoms with Crippen molar-refractivity contribution in [3.8, 4) is 11.1 Å². The van der Waals surface area contributed by atoms with E-state index in [0.29, 0.717) is 24.5 Å². The molecular formula is C23H23F2N3O4. The van der Waals surface area contributed by atoms with E-state index in [-0.39, 0.29) is 22.6 Å². The number of aryl methyl sites for hydroxylation is 1. The van der Waals surface area contributed by atoms with Crippen LogP contribution in [0.4, 0.5) is 13.6 Å². The van der Waals surface area contributed by atoms with Crippen molar-refractivity contribution in [2.75, 3.05) is 13.1 Å². The van der Waals surface area contributed by atoms with Gasteiger partial charge in [0.05, 0.1) is 5.56 Å². The summed E-state index contributed by atoms with van der Waals surface area (Å²) in [4.78, 5) is 29.5. The molecule has 1 N–H and O–H groups in total. The van der Waals surface area contributed by atoms with E-state index in [4.69, 9.17) is 4.74 Å². The van der Waals surface area contributed by atoms with Gasteiger partial charge in [0.15, 0.2) is 0 Å². The van der Waals surface area contributed by atoms with E-state index in [1.807, 2.05) is 0 Å². The van der Waals surface area contributed by atoms with Gasteiger partial charge in [0, 0.05) is 30.8 Å². The first kappa shape index (κ1) is 21.7. The number of nitrogens with zero attached hydrogens (tertiary/aromatic N) is 3. The standard InChI is InChI=1S/C23H23F2N3O4/c1-12-26-20(25)19-17(16-6-5-15(24)8-18(16)21(29)30)7-13(11-28(12)19)14-9-27(10-14)22(31)32-23(2,3)4/h5-8,11,14H,9-10H2,1-4H3,(H,29,30). The second-order valence-electron chi connectivity index (χ2n) is 8.93. The van der Waals surface area contributed by atoms with Crippen LogP contribution in [0.25, 0.3) is 16.6 Å². The summed E-state index contributed by atoms with van der Waals surface area (Å²) in [5.41, 5.74) is 0.514. The van der Waals surface area contributed by atoms with E-state index in [2.05, 4.69) is 4.98 Å². The molecule has 0 bridgehead atoms. The minimum atomic E-state index is -1.32. The first-order valence-electron chi connectivity index (χ1n) is 10.1. The highest BCUT2D eigenvalue weighted by Gasteiger charge is 2.35. The molecule has 1 fully saturated rings. The van der Waals surface area contributed by atoms with Crippen LogP contribution < -0.4 is 0 Å². The summed E-state index contributed by atoms with van der Waals surface area (Å²) in [7, 11) is 0. The van der Waals surface area contributed by atoms with E-state index in [0.717, 1.165) is 17.7 Å². The number of hydrogen-bond donors (Lipinski definition) is 1. The van der Waals surface area contributed by atoms with Crippen LogP contribution in [-0.2, 0) is 4.74 Å². The summed E-state index contributed by atoms with van der Waals surface area (Å²) in [6, 6.07) is 5.07. The molecule has 1 aliphatic heterocycles. The summed E-state index contributed by atoms with van der Waals surface area (Å²) >= 11 is 0.